The van der Waals surface area contributed by atoms with E-state index in [0.717, 1.165) is 11.6 Å². The van der Waals surface area contributed by atoms with E-state index in [1.54, 1.807) is 24.3 Å². The molecule has 0 aliphatic rings. The summed E-state index contributed by atoms with van der Waals surface area (Å²) in [5.41, 5.74) is 1.28. The Balaban J connectivity index is 0.00000225. The van der Waals surface area contributed by atoms with Crippen LogP contribution in [0.1, 0.15) is 11.1 Å². The first-order valence-electron chi connectivity index (χ1n) is 4.36. The first-order chi connectivity index (χ1) is 7.01. The average Bonchev–Trinajstić information content (AvgIpc) is 2.16. The van der Waals surface area contributed by atoms with Crippen molar-refractivity contribution in [3.8, 4) is 6.07 Å². The molecule has 0 bridgehead atoms. The van der Waals surface area contributed by atoms with Crippen LogP contribution in [-0.2, 0) is 6.42 Å². The molecule has 0 unspecified atom stereocenters. The van der Waals surface area contributed by atoms with Gasteiger partial charge in [0.05, 0.1) is 12.5 Å². The van der Waals surface area contributed by atoms with Crippen molar-refractivity contribution >= 4 is 13.1 Å². The van der Waals surface area contributed by atoms with Gasteiger partial charge in [-0.2, -0.15) is 5.26 Å². The van der Waals surface area contributed by atoms with Gasteiger partial charge in [0, 0.05) is 0 Å². The van der Waals surface area contributed by atoms with Crippen molar-refractivity contribution in [2.75, 3.05) is 0 Å². The van der Waals surface area contributed by atoms with Gasteiger partial charge < -0.3 is 12.9 Å². The Morgan fingerprint density at radius 1 is 1.19 bits per heavy atom. The largest absolute Gasteiger partial charge is 1.00 e. The van der Waals surface area contributed by atoms with Gasteiger partial charge in [-0.15, -0.1) is 5.98 Å². The molecule has 6 heteroatoms. The monoisotopic (exact) mass is 249 g/mol. The fourth-order valence-electron chi connectivity index (χ4n) is 1.06. The Hall–Kier alpha value is -0.0587. The molecule has 1 rings (SSSR count). The predicted molar refractivity (Wildman–Crippen MR) is 53.9 cm³/mol. The minimum atomic E-state index is -4.88. The molecule has 16 heavy (non-hydrogen) atoms. The van der Waals surface area contributed by atoms with Crippen LogP contribution in [0.3, 0.4) is 0 Å². The van der Waals surface area contributed by atoms with Crippen LogP contribution in [0.4, 0.5) is 12.9 Å². The first kappa shape index (κ1) is 15.9. The van der Waals surface area contributed by atoms with Crippen LogP contribution >= 0.6 is 0 Å². The normalized spacial score (nSPS) is 10.9. The SMILES string of the molecule is N#CCc1ccc(/C=C/[B-](F)(F)F)cc1.[K+]. The zero-order chi connectivity index (χ0) is 11.3. The number of rotatable bonds is 3. The Kier molecular flexibility index (Phi) is 7.28. The van der Waals surface area contributed by atoms with Crippen molar-refractivity contribution in [3.63, 3.8) is 0 Å². The summed E-state index contributed by atoms with van der Waals surface area (Å²) in [7, 11) is 0. The second-order valence-electron chi connectivity index (χ2n) is 3.06. The molecule has 1 aromatic rings. The molecular weight excluding hydrogens is 241 g/mol. The summed E-state index contributed by atoms with van der Waals surface area (Å²) in [5.74, 6) is 0.249. The molecule has 0 N–H and O–H groups in total. The van der Waals surface area contributed by atoms with E-state index < -0.39 is 6.98 Å². The van der Waals surface area contributed by atoms with E-state index >= 15 is 0 Å². The standard InChI is InChI=1S/C10H8BF3N.K/c12-11(13,14)7-5-9-1-3-10(4-2-9)6-8-15;/h1-5,7H,6H2;/q-1;+1/b7-5+;. The molecule has 1 aromatic carbocycles. The molecule has 0 saturated heterocycles. The molecule has 0 aliphatic carbocycles. The van der Waals surface area contributed by atoms with E-state index in [9.17, 15) is 12.9 Å². The minimum absolute atomic E-state index is 0. The van der Waals surface area contributed by atoms with Crippen LogP contribution in [0.15, 0.2) is 30.2 Å². The van der Waals surface area contributed by atoms with Crippen molar-refractivity contribution in [3.05, 3.63) is 41.4 Å². The van der Waals surface area contributed by atoms with Crippen LogP contribution < -0.4 is 51.4 Å². The van der Waals surface area contributed by atoms with Crippen molar-refractivity contribution in [1.82, 2.24) is 0 Å². The number of nitriles is 1. The van der Waals surface area contributed by atoms with Gasteiger partial charge in [0.25, 0.3) is 0 Å². The van der Waals surface area contributed by atoms with E-state index in [4.69, 9.17) is 5.26 Å². The fourth-order valence-corrected chi connectivity index (χ4v) is 1.06. The summed E-state index contributed by atoms with van der Waals surface area (Å²) in [5, 5.41) is 8.39. The maximum atomic E-state index is 11.9. The molecule has 0 heterocycles. The first-order valence-corrected chi connectivity index (χ1v) is 4.36. The molecule has 0 saturated carbocycles. The number of halogens is 3. The summed E-state index contributed by atoms with van der Waals surface area (Å²) in [6.45, 7) is -4.88. The van der Waals surface area contributed by atoms with Gasteiger partial charge in [-0.05, 0) is 11.1 Å². The fraction of sp³-hybridized carbons (Fsp3) is 0.100. The molecule has 0 fully saturated rings. The van der Waals surface area contributed by atoms with Crippen LogP contribution in [0.25, 0.3) is 6.08 Å². The molecule has 0 spiro atoms. The third-order valence-electron chi connectivity index (χ3n) is 1.77. The van der Waals surface area contributed by atoms with Crippen LogP contribution in [0.2, 0.25) is 0 Å². The number of benzene rings is 1. The Morgan fingerprint density at radius 3 is 2.19 bits per heavy atom. The maximum absolute atomic E-state index is 11.9. The molecule has 0 amide bonds. The second kappa shape index (κ2) is 7.30. The molecule has 0 aliphatic heterocycles. The summed E-state index contributed by atoms with van der Waals surface area (Å²) in [6, 6.07) is 8.38. The summed E-state index contributed by atoms with van der Waals surface area (Å²) in [4.78, 5) is 0. The maximum Gasteiger partial charge on any atom is 1.00 e. The van der Waals surface area contributed by atoms with Crippen LogP contribution in [-0.4, -0.2) is 6.98 Å². The molecule has 0 atom stereocenters. The Morgan fingerprint density at radius 2 is 1.75 bits per heavy atom. The topological polar surface area (TPSA) is 23.8 Å². The quantitative estimate of drug-likeness (QED) is 0.700. The van der Waals surface area contributed by atoms with Crippen molar-refractivity contribution in [1.29, 1.82) is 5.26 Å². The smallest absolute Gasteiger partial charge is 0.445 e. The third kappa shape index (κ3) is 6.51. The number of hydrogen-bond acceptors (Lipinski definition) is 1. The van der Waals surface area contributed by atoms with Gasteiger partial charge in [0.1, 0.15) is 0 Å². The Labute approximate surface area is 135 Å². The molecule has 0 aromatic heterocycles. The second-order valence-corrected chi connectivity index (χ2v) is 3.06. The summed E-state index contributed by atoms with van der Waals surface area (Å²) >= 11 is 0. The number of hydrogen-bond donors (Lipinski definition) is 0. The molecule has 78 valence electrons. The van der Waals surface area contributed by atoms with Gasteiger partial charge in [0.2, 0.25) is 0 Å². The van der Waals surface area contributed by atoms with E-state index in [2.05, 4.69) is 0 Å². The summed E-state index contributed by atoms with van der Waals surface area (Å²) in [6.07, 6.45) is 1.29. The Bertz CT molecular complexity index is 392. The van der Waals surface area contributed by atoms with Crippen molar-refractivity contribution in [2.45, 2.75) is 6.42 Å². The van der Waals surface area contributed by atoms with Crippen molar-refractivity contribution in [2.24, 2.45) is 0 Å². The molecule has 1 nitrogen and oxygen atoms in total. The number of nitrogens with zero attached hydrogens (tertiary/aromatic N) is 1. The molecular formula is C10H8BF3KN. The zero-order valence-corrected chi connectivity index (χ0v) is 12.0. The van der Waals surface area contributed by atoms with Crippen molar-refractivity contribution < 1.29 is 64.3 Å². The van der Waals surface area contributed by atoms with Crippen LogP contribution in [0, 0.1) is 11.3 Å². The van der Waals surface area contributed by atoms with Gasteiger partial charge in [0.15, 0.2) is 0 Å². The van der Waals surface area contributed by atoms with E-state index in [-0.39, 0.29) is 63.8 Å². The predicted octanol–water partition coefficient (Wildman–Crippen LogP) is 0.156. The average molecular weight is 249 g/mol. The van der Waals surface area contributed by atoms with E-state index in [1.807, 2.05) is 6.07 Å². The van der Waals surface area contributed by atoms with Gasteiger partial charge >= 0.3 is 58.4 Å². The van der Waals surface area contributed by atoms with Gasteiger partial charge in [-0.25, -0.2) is 0 Å². The van der Waals surface area contributed by atoms with Crippen LogP contribution in [0.5, 0.6) is 0 Å². The third-order valence-corrected chi connectivity index (χ3v) is 1.77. The summed E-state index contributed by atoms with van der Waals surface area (Å²) < 4.78 is 35.6. The van der Waals surface area contributed by atoms with E-state index in [1.165, 1.54) is 0 Å². The molecule has 0 radical (unpaired) electrons. The minimum Gasteiger partial charge on any atom is -0.445 e. The van der Waals surface area contributed by atoms with Gasteiger partial charge in [-0.3, -0.25) is 0 Å². The van der Waals surface area contributed by atoms with E-state index in [0.29, 0.717) is 5.56 Å². The van der Waals surface area contributed by atoms with Gasteiger partial charge in [-0.1, -0.05) is 30.3 Å². The zero-order valence-electron chi connectivity index (χ0n) is 8.83.